The summed E-state index contributed by atoms with van der Waals surface area (Å²) in [6, 6.07) is 3.75. The van der Waals surface area contributed by atoms with E-state index in [1.807, 2.05) is 22.7 Å². The Kier molecular flexibility index (Phi) is 2.79. The fourth-order valence-corrected chi connectivity index (χ4v) is 1.88. The first-order chi connectivity index (χ1) is 7.27. The second-order valence-electron chi connectivity index (χ2n) is 3.15. The topological polar surface area (TPSA) is 52.5 Å². The summed E-state index contributed by atoms with van der Waals surface area (Å²) in [5, 5.41) is 0.455. The minimum atomic E-state index is 0.455. The molecule has 15 heavy (non-hydrogen) atoms. The molecule has 0 aliphatic rings. The highest BCUT2D eigenvalue weighted by atomic mass is 35.5. The number of nitrogens with two attached hydrogens (primary N) is 1. The molecule has 0 aliphatic heterocycles. The summed E-state index contributed by atoms with van der Waals surface area (Å²) in [4.78, 5) is 4.26. The summed E-state index contributed by atoms with van der Waals surface area (Å²) in [5.41, 5.74) is 6.30. The highest BCUT2D eigenvalue weighted by Crippen LogP contribution is 2.27. The van der Waals surface area contributed by atoms with Crippen LogP contribution in [0.4, 0.5) is 0 Å². The van der Waals surface area contributed by atoms with Crippen LogP contribution >= 0.6 is 11.6 Å². The van der Waals surface area contributed by atoms with Gasteiger partial charge in [0, 0.05) is 12.6 Å². The minimum absolute atomic E-state index is 0.455. The lowest BCUT2D eigenvalue weighted by Gasteiger charge is -2.03. The number of fused-ring (bicyclic) bond motifs is 1. The molecule has 0 saturated heterocycles. The molecule has 2 rings (SSSR count). The second kappa shape index (κ2) is 4.08. The molecule has 0 fully saturated rings. The summed E-state index contributed by atoms with van der Waals surface area (Å²) >= 11 is 6.04. The van der Waals surface area contributed by atoms with Gasteiger partial charge in [-0.15, -0.1) is 0 Å². The summed E-state index contributed by atoms with van der Waals surface area (Å²) in [5.74, 6) is 1.58. The molecule has 80 valence electrons. The molecule has 2 aromatic rings. The lowest BCUT2D eigenvalue weighted by Crippen LogP contribution is -2.06. The van der Waals surface area contributed by atoms with Crippen molar-refractivity contribution in [1.29, 1.82) is 0 Å². The van der Waals surface area contributed by atoms with Gasteiger partial charge in [0.05, 0.1) is 7.11 Å². The number of rotatable bonds is 3. The molecule has 0 atom stereocenters. The van der Waals surface area contributed by atoms with E-state index in [9.17, 15) is 0 Å². The van der Waals surface area contributed by atoms with Gasteiger partial charge in [-0.1, -0.05) is 11.6 Å². The molecular weight excluding hydrogens is 214 g/mol. The van der Waals surface area contributed by atoms with Crippen molar-refractivity contribution in [3.63, 3.8) is 0 Å². The molecule has 0 bridgehead atoms. The van der Waals surface area contributed by atoms with Crippen LogP contribution in [0.1, 0.15) is 5.82 Å². The number of hydrogen-bond acceptors (Lipinski definition) is 3. The van der Waals surface area contributed by atoms with Gasteiger partial charge in [-0.25, -0.2) is 4.98 Å². The average Bonchev–Trinajstić information content (AvgIpc) is 2.57. The third-order valence-corrected chi connectivity index (χ3v) is 2.51. The van der Waals surface area contributed by atoms with Crippen LogP contribution in [0.5, 0.6) is 5.75 Å². The fourth-order valence-electron chi connectivity index (χ4n) is 1.60. The van der Waals surface area contributed by atoms with Crippen molar-refractivity contribution in [2.75, 3.05) is 13.7 Å². The van der Waals surface area contributed by atoms with Crippen molar-refractivity contribution < 1.29 is 4.74 Å². The van der Waals surface area contributed by atoms with Crippen LogP contribution in [0.15, 0.2) is 18.3 Å². The number of aromatic nitrogens is 2. The normalized spacial score (nSPS) is 10.9. The number of imidazole rings is 1. The van der Waals surface area contributed by atoms with Crippen LogP contribution in [0.25, 0.3) is 5.52 Å². The van der Waals surface area contributed by atoms with E-state index in [-0.39, 0.29) is 0 Å². The van der Waals surface area contributed by atoms with Gasteiger partial charge >= 0.3 is 0 Å². The Morgan fingerprint density at radius 2 is 2.40 bits per heavy atom. The van der Waals surface area contributed by atoms with E-state index < -0.39 is 0 Å². The smallest absolute Gasteiger partial charge is 0.158 e. The number of halogens is 1. The van der Waals surface area contributed by atoms with Crippen molar-refractivity contribution in [2.45, 2.75) is 6.42 Å². The Hall–Kier alpha value is -1.26. The molecule has 0 aromatic carbocycles. The molecule has 4 nitrogen and oxygen atoms in total. The Balaban J connectivity index is 2.68. The third-order valence-electron chi connectivity index (χ3n) is 2.25. The predicted molar refractivity (Wildman–Crippen MR) is 59.5 cm³/mol. The van der Waals surface area contributed by atoms with E-state index in [4.69, 9.17) is 22.1 Å². The first-order valence-corrected chi connectivity index (χ1v) is 5.05. The highest BCUT2D eigenvalue weighted by Gasteiger charge is 2.12. The first kappa shape index (κ1) is 10.3. The molecule has 0 amide bonds. The van der Waals surface area contributed by atoms with Gasteiger partial charge in [-0.05, 0) is 18.7 Å². The number of methoxy groups -OCH3 is 1. The number of nitrogens with zero attached hydrogens (tertiary/aromatic N) is 2. The highest BCUT2D eigenvalue weighted by molar-refractivity contribution is 6.33. The maximum absolute atomic E-state index is 6.04. The Morgan fingerprint density at radius 1 is 1.60 bits per heavy atom. The zero-order chi connectivity index (χ0) is 10.8. The van der Waals surface area contributed by atoms with Crippen LogP contribution in [0, 0.1) is 0 Å². The van der Waals surface area contributed by atoms with E-state index in [2.05, 4.69) is 4.98 Å². The maximum Gasteiger partial charge on any atom is 0.158 e. The van der Waals surface area contributed by atoms with E-state index in [0.29, 0.717) is 18.1 Å². The van der Waals surface area contributed by atoms with Gasteiger partial charge in [0.15, 0.2) is 5.15 Å². The van der Waals surface area contributed by atoms with Crippen molar-refractivity contribution in [2.24, 2.45) is 5.73 Å². The van der Waals surface area contributed by atoms with Gasteiger partial charge < -0.3 is 10.5 Å². The Bertz CT molecular complexity index is 481. The van der Waals surface area contributed by atoms with E-state index >= 15 is 0 Å². The van der Waals surface area contributed by atoms with Crippen molar-refractivity contribution in [3.05, 3.63) is 29.3 Å². The SMILES string of the molecule is COc1cccn2c(CCN)nc(Cl)c12. The average molecular weight is 226 g/mol. The van der Waals surface area contributed by atoms with Crippen LogP contribution in [-0.4, -0.2) is 23.0 Å². The molecule has 2 aromatic heterocycles. The molecular formula is C10H12ClN3O. The number of ether oxygens (including phenoxy) is 1. The van der Waals surface area contributed by atoms with Crippen LogP contribution < -0.4 is 10.5 Å². The zero-order valence-corrected chi connectivity index (χ0v) is 9.16. The van der Waals surface area contributed by atoms with E-state index in [1.165, 1.54) is 0 Å². The van der Waals surface area contributed by atoms with E-state index in [1.54, 1.807) is 7.11 Å². The molecule has 0 spiro atoms. The van der Waals surface area contributed by atoms with Gasteiger partial charge in [-0.2, -0.15) is 0 Å². The number of hydrogen-bond donors (Lipinski definition) is 1. The van der Waals surface area contributed by atoms with Crippen molar-refractivity contribution >= 4 is 17.1 Å². The fraction of sp³-hybridized carbons (Fsp3) is 0.300. The lowest BCUT2D eigenvalue weighted by molar-refractivity contribution is 0.418. The summed E-state index contributed by atoms with van der Waals surface area (Å²) in [6.45, 7) is 0.548. The largest absolute Gasteiger partial charge is 0.494 e. The van der Waals surface area contributed by atoms with Crippen LogP contribution in [0.2, 0.25) is 5.15 Å². The monoisotopic (exact) mass is 225 g/mol. The third kappa shape index (κ3) is 1.66. The molecule has 0 unspecified atom stereocenters. The Morgan fingerprint density at radius 3 is 3.07 bits per heavy atom. The zero-order valence-electron chi connectivity index (χ0n) is 8.40. The summed E-state index contributed by atoms with van der Waals surface area (Å²) < 4.78 is 7.13. The summed E-state index contributed by atoms with van der Waals surface area (Å²) in [7, 11) is 1.61. The molecule has 2 heterocycles. The van der Waals surface area contributed by atoms with Crippen molar-refractivity contribution in [1.82, 2.24) is 9.38 Å². The molecule has 0 aliphatic carbocycles. The van der Waals surface area contributed by atoms with E-state index in [0.717, 1.165) is 17.1 Å². The lowest BCUT2D eigenvalue weighted by atomic mass is 10.3. The molecule has 5 heteroatoms. The quantitative estimate of drug-likeness (QED) is 0.861. The minimum Gasteiger partial charge on any atom is -0.494 e. The maximum atomic E-state index is 6.04. The Labute approximate surface area is 92.6 Å². The molecule has 2 N–H and O–H groups in total. The van der Waals surface area contributed by atoms with Gasteiger partial charge in [0.1, 0.15) is 17.1 Å². The van der Waals surface area contributed by atoms with Crippen molar-refractivity contribution in [3.8, 4) is 5.75 Å². The predicted octanol–water partition coefficient (Wildman–Crippen LogP) is 1.50. The summed E-state index contributed by atoms with van der Waals surface area (Å²) in [6.07, 6.45) is 2.60. The molecule has 0 saturated carbocycles. The van der Waals surface area contributed by atoms with Gasteiger partial charge in [0.2, 0.25) is 0 Å². The van der Waals surface area contributed by atoms with Crippen LogP contribution in [-0.2, 0) is 6.42 Å². The standard InChI is InChI=1S/C10H12ClN3O/c1-15-7-3-2-6-14-8(4-5-12)13-10(11)9(7)14/h2-3,6H,4-5,12H2,1H3. The van der Waals surface area contributed by atoms with Gasteiger partial charge in [-0.3, -0.25) is 4.40 Å². The van der Waals surface area contributed by atoms with Crippen LogP contribution in [0.3, 0.4) is 0 Å². The number of pyridine rings is 1. The first-order valence-electron chi connectivity index (χ1n) is 4.67. The van der Waals surface area contributed by atoms with Gasteiger partial charge in [0.25, 0.3) is 0 Å². The second-order valence-corrected chi connectivity index (χ2v) is 3.51. The molecule has 0 radical (unpaired) electrons.